The fourth-order valence-corrected chi connectivity index (χ4v) is 1.94. The molecule has 0 bridgehead atoms. The van der Waals surface area contributed by atoms with Crippen LogP contribution in [0, 0.1) is 5.41 Å². The van der Waals surface area contributed by atoms with Crippen LogP contribution in [0.15, 0.2) is 0 Å². The van der Waals surface area contributed by atoms with Crippen LogP contribution < -0.4 is 0 Å². The van der Waals surface area contributed by atoms with E-state index in [9.17, 15) is 4.79 Å². The molecule has 0 unspecified atom stereocenters. The van der Waals surface area contributed by atoms with E-state index in [2.05, 4.69) is 20.8 Å². The first-order valence-electron chi connectivity index (χ1n) is 5.40. The van der Waals surface area contributed by atoms with Gasteiger partial charge in [-0.25, -0.2) is 0 Å². The summed E-state index contributed by atoms with van der Waals surface area (Å²) in [7, 11) is 1.88. The zero-order chi connectivity index (χ0) is 11.2. The number of carbonyl (C=O) groups is 1. The molecule has 0 spiro atoms. The molecular weight excluding hydrogens is 178 g/mol. The molecule has 0 fully saturated rings. The van der Waals surface area contributed by atoms with Crippen molar-refractivity contribution in [1.82, 2.24) is 4.90 Å². The van der Waals surface area contributed by atoms with Crippen molar-refractivity contribution < 1.29 is 9.90 Å². The van der Waals surface area contributed by atoms with Gasteiger partial charge in [0.25, 0.3) is 0 Å². The lowest BCUT2D eigenvalue weighted by molar-refractivity contribution is -0.138. The molecule has 3 nitrogen and oxygen atoms in total. The highest BCUT2D eigenvalue weighted by atomic mass is 16.4. The number of hydrogen-bond donors (Lipinski definition) is 1. The molecule has 0 aromatic heterocycles. The smallest absolute Gasteiger partial charge is 0.317 e. The fourth-order valence-electron chi connectivity index (χ4n) is 1.94. The SMILES string of the molecule is CCC(CC)(CC)CN(C)CC(=O)O. The van der Waals surface area contributed by atoms with Gasteiger partial charge < -0.3 is 5.11 Å². The van der Waals surface area contributed by atoms with E-state index >= 15 is 0 Å². The molecule has 0 saturated carbocycles. The molecule has 0 aliphatic heterocycles. The minimum absolute atomic E-state index is 0.141. The summed E-state index contributed by atoms with van der Waals surface area (Å²) in [6.07, 6.45) is 3.35. The third-order valence-corrected chi connectivity index (χ3v) is 3.26. The number of rotatable bonds is 7. The average molecular weight is 201 g/mol. The number of likely N-dealkylation sites (N-methyl/N-ethyl adjacent to an activating group) is 1. The molecule has 0 saturated heterocycles. The van der Waals surface area contributed by atoms with Crippen molar-refractivity contribution in [2.75, 3.05) is 20.1 Å². The van der Waals surface area contributed by atoms with E-state index in [0.29, 0.717) is 5.41 Å². The summed E-state index contributed by atoms with van der Waals surface area (Å²) in [6, 6.07) is 0. The van der Waals surface area contributed by atoms with Crippen LogP contribution >= 0.6 is 0 Å². The van der Waals surface area contributed by atoms with Gasteiger partial charge in [-0.3, -0.25) is 9.69 Å². The van der Waals surface area contributed by atoms with Gasteiger partial charge in [-0.2, -0.15) is 0 Å². The van der Waals surface area contributed by atoms with Crippen molar-refractivity contribution >= 4 is 5.97 Å². The number of carboxylic acids is 1. The third kappa shape index (κ3) is 4.09. The van der Waals surface area contributed by atoms with E-state index in [1.54, 1.807) is 0 Å². The largest absolute Gasteiger partial charge is 0.480 e. The molecule has 0 aliphatic carbocycles. The number of carboxylic acid groups (broad SMARTS) is 1. The lowest BCUT2D eigenvalue weighted by Crippen LogP contribution is -2.37. The van der Waals surface area contributed by atoms with Gasteiger partial charge in [-0.15, -0.1) is 0 Å². The maximum absolute atomic E-state index is 10.5. The van der Waals surface area contributed by atoms with Gasteiger partial charge in [0.15, 0.2) is 0 Å². The molecule has 0 aromatic carbocycles. The molecule has 1 N–H and O–H groups in total. The Morgan fingerprint density at radius 1 is 1.21 bits per heavy atom. The normalized spacial score (nSPS) is 12.1. The molecule has 84 valence electrons. The van der Waals surface area contributed by atoms with Crippen molar-refractivity contribution in [3.05, 3.63) is 0 Å². The molecular formula is C11H23NO2. The Kier molecular flexibility index (Phi) is 5.77. The molecule has 0 rings (SSSR count). The Bertz CT molecular complexity index is 168. The zero-order valence-electron chi connectivity index (χ0n) is 9.84. The van der Waals surface area contributed by atoms with Crippen LogP contribution in [-0.2, 0) is 4.79 Å². The first-order chi connectivity index (χ1) is 6.49. The van der Waals surface area contributed by atoms with E-state index in [0.717, 1.165) is 25.8 Å². The highest BCUT2D eigenvalue weighted by Gasteiger charge is 2.25. The van der Waals surface area contributed by atoms with Crippen molar-refractivity contribution in [2.24, 2.45) is 5.41 Å². The molecule has 0 aliphatic rings. The van der Waals surface area contributed by atoms with E-state index in [-0.39, 0.29) is 6.54 Å². The van der Waals surface area contributed by atoms with Gasteiger partial charge in [0.2, 0.25) is 0 Å². The highest BCUT2D eigenvalue weighted by Crippen LogP contribution is 2.30. The first-order valence-corrected chi connectivity index (χ1v) is 5.40. The Labute approximate surface area is 87.1 Å². The first kappa shape index (κ1) is 13.4. The Morgan fingerprint density at radius 2 is 1.64 bits per heavy atom. The molecule has 0 radical (unpaired) electrons. The van der Waals surface area contributed by atoms with Gasteiger partial charge >= 0.3 is 5.97 Å². The molecule has 0 aromatic rings. The molecule has 0 amide bonds. The summed E-state index contributed by atoms with van der Waals surface area (Å²) in [6.45, 7) is 7.56. The maximum Gasteiger partial charge on any atom is 0.317 e. The summed E-state index contributed by atoms with van der Waals surface area (Å²) in [5.74, 6) is -0.746. The van der Waals surface area contributed by atoms with Crippen LogP contribution in [0.5, 0.6) is 0 Å². The van der Waals surface area contributed by atoms with E-state index in [1.165, 1.54) is 0 Å². The minimum Gasteiger partial charge on any atom is -0.480 e. The average Bonchev–Trinajstić information content (AvgIpc) is 2.13. The predicted octanol–water partition coefficient (Wildman–Crippen LogP) is 2.22. The Hall–Kier alpha value is -0.570. The van der Waals surface area contributed by atoms with Crippen molar-refractivity contribution in [2.45, 2.75) is 40.0 Å². The van der Waals surface area contributed by atoms with Gasteiger partial charge in [0, 0.05) is 6.54 Å². The summed E-state index contributed by atoms with van der Waals surface area (Å²) in [4.78, 5) is 12.4. The van der Waals surface area contributed by atoms with Crippen LogP contribution in [0.25, 0.3) is 0 Å². The van der Waals surface area contributed by atoms with Crippen LogP contribution in [0.3, 0.4) is 0 Å². The van der Waals surface area contributed by atoms with Gasteiger partial charge in [-0.05, 0) is 31.7 Å². The standard InChI is InChI=1S/C11H23NO2/c1-5-11(6-2,7-3)9-12(4)8-10(13)14/h5-9H2,1-4H3,(H,13,14). The monoisotopic (exact) mass is 201 g/mol. The number of nitrogens with zero attached hydrogens (tertiary/aromatic N) is 1. The van der Waals surface area contributed by atoms with E-state index < -0.39 is 5.97 Å². The second-order valence-electron chi connectivity index (χ2n) is 4.13. The lowest BCUT2D eigenvalue weighted by Gasteiger charge is -2.34. The topological polar surface area (TPSA) is 40.5 Å². The van der Waals surface area contributed by atoms with Crippen molar-refractivity contribution in [1.29, 1.82) is 0 Å². The molecule has 0 heterocycles. The number of aliphatic carboxylic acids is 1. The Morgan fingerprint density at radius 3 is 1.93 bits per heavy atom. The lowest BCUT2D eigenvalue weighted by atomic mass is 9.79. The van der Waals surface area contributed by atoms with Gasteiger partial charge in [0.1, 0.15) is 0 Å². The highest BCUT2D eigenvalue weighted by molar-refractivity contribution is 5.69. The maximum atomic E-state index is 10.5. The fraction of sp³-hybridized carbons (Fsp3) is 0.909. The van der Waals surface area contributed by atoms with Crippen LogP contribution in [0.1, 0.15) is 40.0 Å². The molecule has 0 atom stereocenters. The van der Waals surface area contributed by atoms with E-state index in [1.807, 2.05) is 11.9 Å². The summed E-state index contributed by atoms with van der Waals surface area (Å²) < 4.78 is 0. The second-order valence-corrected chi connectivity index (χ2v) is 4.13. The minimum atomic E-state index is -0.746. The number of hydrogen-bond acceptors (Lipinski definition) is 2. The van der Waals surface area contributed by atoms with Crippen molar-refractivity contribution in [3.63, 3.8) is 0 Å². The van der Waals surface area contributed by atoms with Gasteiger partial charge in [0.05, 0.1) is 6.54 Å². The summed E-state index contributed by atoms with van der Waals surface area (Å²) in [5, 5.41) is 8.66. The summed E-state index contributed by atoms with van der Waals surface area (Å²) >= 11 is 0. The van der Waals surface area contributed by atoms with E-state index in [4.69, 9.17) is 5.11 Å². The van der Waals surface area contributed by atoms with Crippen LogP contribution in [0.2, 0.25) is 0 Å². The second kappa shape index (κ2) is 6.02. The molecule has 14 heavy (non-hydrogen) atoms. The van der Waals surface area contributed by atoms with Crippen LogP contribution in [-0.4, -0.2) is 36.1 Å². The van der Waals surface area contributed by atoms with Crippen LogP contribution in [0.4, 0.5) is 0 Å². The quantitative estimate of drug-likeness (QED) is 0.686. The van der Waals surface area contributed by atoms with Crippen molar-refractivity contribution in [3.8, 4) is 0 Å². The van der Waals surface area contributed by atoms with Gasteiger partial charge in [-0.1, -0.05) is 20.8 Å². The predicted molar refractivity (Wildman–Crippen MR) is 58.4 cm³/mol. The zero-order valence-corrected chi connectivity index (χ0v) is 9.84. The molecule has 3 heteroatoms. The summed E-state index contributed by atoms with van der Waals surface area (Å²) in [5.41, 5.74) is 0.296. The Balaban J connectivity index is 4.21. The third-order valence-electron chi connectivity index (χ3n) is 3.26.